The molecule has 2 heterocycles. The van der Waals surface area contributed by atoms with Crippen LogP contribution in [0.1, 0.15) is 62.5 Å². The minimum absolute atomic E-state index is 0.0825. The second kappa shape index (κ2) is 12.4. The number of amides is 3. The van der Waals surface area contributed by atoms with Crippen molar-refractivity contribution in [3.05, 3.63) is 84.0 Å². The van der Waals surface area contributed by atoms with Crippen LogP contribution in [0.15, 0.2) is 78.0 Å². The largest absolute Gasteiger partial charge is 0.390 e. The molecular weight excluding hydrogens is 618 g/mol. The van der Waals surface area contributed by atoms with Crippen LogP contribution in [-0.2, 0) is 29.2 Å². The van der Waals surface area contributed by atoms with Crippen molar-refractivity contribution in [1.29, 1.82) is 0 Å². The van der Waals surface area contributed by atoms with E-state index in [-0.39, 0.29) is 18.9 Å². The summed E-state index contributed by atoms with van der Waals surface area (Å²) in [4.78, 5) is 49.0. The standard InChI is InChI=1S/C35H39N5O6S/c36-29-15-5-3-1-2-4-10-22-18-19-35(22,34(43)39-47(44,45)24-16-17-24)37-32(41)30-20-23(21-40(30)33(29)42)46-38-31-27-13-8-6-11-25(27)26-12-7-9-14-28(26)31/h4,6-14,18-19,22-24,29-30H,1-3,5,15-17,20-21,36H2,(H,37,41)(H,39,43)/b10-4-/t22?,23-,29+,30+,35-/m1/s1. The van der Waals surface area contributed by atoms with Crippen LogP contribution in [-0.4, -0.2) is 72.3 Å². The molecule has 2 aromatic carbocycles. The molecule has 0 bridgehead atoms. The van der Waals surface area contributed by atoms with E-state index >= 15 is 0 Å². The van der Waals surface area contributed by atoms with Crippen molar-refractivity contribution in [3.8, 4) is 11.1 Å². The fraction of sp³-hybridized carbons (Fsp3) is 0.429. The quantitative estimate of drug-likeness (QED) is 0.281. The number of carbonyl (C=O) groups is 3. The van der Waals surface area contributed by atoms with Crippen molar-refractivity contribution < 1.29 is 27.6 Å². The summed E-state index contributed by atoms with van der Waals surface area (Å²) >= 11 is 0. The van der Waals surface area contributed by atoms with Crippen LogP contribution in [0.3, 0.4) is 0 Å². The zero-order valence-electron chi connectivity index (χ0n) is 26.0. The zero-order valence-corrected chi connectivity index (χ0v) is 26.8. The number of hydrogen-bond donors (Lipinski definition) is 3. The highest BCUT2D eigenvalue weighted by Crippen LogP contribution is 2.38. The summed E-state index contributed by atoms with van der Waals surface area (Å²) in [6.45, 7) is 0.0825. The van der Waals surface area contributed by atoms with E-state index in [1.165, 1.54) is 11.0 Å². The third kappa shape index (κ3) is 5.89. The maximum atomic E-state index is 14.1. The molecule has 2 aliphatic heterocycles. The maximum absolute atomic E-state index is 14.1. The molecule has 1 saturated heterocycles. The number of benzene rings is 2. The van der Waals surface area contributed by atoms with Gasteiger partial charge in [-0.15, -0.1) is 0 Å². The lowest BCUT2D eigenvalue weighted by molar-refractivity contribution is -0.141. The highest BCUT2D eigenvalue weighted by atomic mass is 32.2. The normalized spacial score (nSPS) is 29.6. The maximum Gasteiger partial charge on any atom is 0.264 e. The highest BCUT2D eigenvalue weighted by Gasteiger charge is 2.53. The van der Waals surface area contributed by atoms with Gasteiger partial charge in [-0.2, -0.15) is 0 Å². The zero-order chi connectivity index (χ0) is 32.8. The van der Waals surface area contributed by atoms with E-state index in [0.29, 0.717) is 25.0 Å². The van der Waals surface area contributed by atoms with Crippen LogP contribution < -0.4 is 15.8 Å². The van der Waals surface area contributed by atoms with Crippen LogP contribution in [0.2, 0.25) is 0 Å². The molecular formula is C35H39N5O6S. The van der Waals surface area contributed by atoms with Gasteiger partial charge >= 0.3 is 0 Å². The molecule has 11 nitrogen and oxygen atoms in total. The van der Waals surface area contributed by atoms with E-state index in [2.05, 4.69) is 15.2 Å². The summed E-state index contributed by atoms with van der Waals surface area (Å²) in [7, 11) is -3.87. The molecule has 0 spiro atoms. The Hall–Kier alpha value is -4.29. The number of sulfonamides is 1. The van der Waals surface area contributed by atoms with Crippen molar-refractivity contribution >= 4 is 33.5 Å². The number of nitrogens with one attached hydrogen (secondary N) is 2. The lowest BCUT2D eigenvalue weighted by Crippen LogP contribution is -2.67. The third-order valence-corrected chi connectivity index (χ3v) is 11.7. The van der Waals surface area contributed by atoms with E-state index in [9.17, 15) is 22.8 Å². The Balaban J connectivity index is 1.17. The smallest absolute Gasteiger partial charge is 0.264 e. The molecule has 47 heavy (non-hydrogen) atoms. The van der Waals surface area contributed by atoms with Gasteiger partial charge in [0.05, 0.1) is 17.8 Å². The number of nitrogens with two attached hydrogens (primary N) is 1. The molecule has 12 heteroatoms. The van der Waals surface area contributed by atoms with Crippen LogP contribution in [0.25, 0.3) is 11.1 Å². The summed E-state index contributed by atoms with van der Waals surface area (Å²) in [6.07, 6.45) is 11.3. The van der Waals surface area contributed by atoms with E-state index < -0.39 is 56.7 Å². The molecule has 2 fully saturated rings. The van der Waals surface area contributed by atoms with Crippen molar-refractivity contribution in [3.63, 3.8) is 0 Å². The van der Waals surface area contributed by atoms with Crippen LogP contribution in [0, 0.1) is 5.92 Å². The molecule has 3 aliphatic carbocycles. The number of hydrogen-bond acceptors (Lipinski definition) is 8. The van der Waals surface area contributed by atoms with E-state index in [0.717, 1.165) is 47.9 Å². The molecule has 0 radical (unpaired) electrons. The molecule has 3 amide bonds. The van der Waals surface area contributed by atoms with Crippen LogP contribution in [0.4, 0.5) is 0 Å². The van der Waals surface area contributed by atoms with Gasteiger partial charge in [0.2, 0.25) is 21.8 Å². The first-order chi connectivity index (χ1) is 22.7. The Morgan fingerprint density at radius 1 is 0.957 bits per heavy atom. The third-order valence-electron chi connectivity index (χ3n) is 9.84. The molecule has 0 aromatic heterocycles. The minimum atomic E-state index is -3.87. The van der Waals surface area contributed by atoms with Gasteiger partial charge in [-0.25, -0.2) is 8.42 Å². The van der Waals surface area contributed by atoms with E-state index in [1.54, 1.807) is 6.08 Å². The van der Waals surface area contributed by atoms with E-state index in [1.807, 2.05) is 60.7 Å². The Labute approximate surface area is 274 Å². The first-order valence-corrected chi connectivity index (χ1v) is 18.0. The van der Waals surface area contributed by atoms with Gasteiger partial charge in [-0.05, 0) is 43.2 Å². The summed E-state index contributed by atoms with van der Waals surface area (Å²) in [5.41, 5.74) is 9.40. The first-order valence-electron chi connectivity index (χ1n) is 16.4. The average Bonchev–Trinajstić information content (AvgIpc) is 3.77. The topological polar surface area (TPSA) is 160 Å². The molecule has 2 aromatic rings. The molecule has 5 atom stereocenters. The lowest BCUT2D eigenvalue weighted by atomic mass is 9.73. The van der Waals surface area contributed by atoms with Crippen molar-refractivity contribution in [2.24, 2.45) is 16.8 Å². The number of nitrogens with zero attached hydrogens (tertiary/aromatic N) is 2. The summed E-state index contributed by atoms with van der Waals surface area (Å²) in [5.74, 6) is -2.33. The second-order valence-corrected chi connectivity index (χ2v) is 15.1. The van der Waals surface area contributed by atoms with Gasteiger partial charge in [-0.3, -0.25) is 19.1 Å². The molecule has 1 saturated carbocycles. The Bertz CT molecular complexity index is 1750. The molecule has 7 rings (SSSR count). The average molecular weight is 658 g/mol. The predicted octanol–water partition coefficient (Wildman–Crippen LogP) is 2.90. The predicted molar refractivity (Wildman–Crippen MR) is 176 cm³/mol. The minimum Gasteiger partial charge on any atom is -0.390 e. The van der Waals surface area contributed by atoms with Crippen molar-refractivity contribution in [1.82, 2.24) is 14.9 Å². The number of fused-ring (bicyclic) bond motifs is 5. The highest BCUT2D eigenvalue weighted by molar-refractivity contribution is 7.91. The van der Waals surface area contributed by atoms with Gasteiger partial charge < -0.3 is 20.8 Å². The van der Waals surface area contributed by atoms with Gasteiger partial charge in [-0.1, -0.05) is 90.8 Å². The summed E-state index contributed by atoms with van der Waals surface area (Å²) in [5, 5.41) is 6.81. The van der Waals surface area contributed by atoms with Crippen LogP contribution >= 0.6 is 0 Å². The molecule has 246 valence electrons. The number of carbonyl (C=O) groups excluding carboxylic acids is 3. The molecule has 4 N–H and O–H groups in total. The van der Waals surface area contributed by atoms with Crippen molar-refractivity contribution in [2.75, 3.05) is 6.54 Å². The fourth-order valence-electron chi connectivity index (χ4n) is 6.96. The number of allylic oxidation sites excluding steroid dienone is 1. The number of oxime groups is 1. The second-order valence-electron chi connectivity index (χ2n) is 13.1. The summed E-state index contributed by atoms with van der Waals surface area (Å²) in [6, 6.07) is 14.1. The Kier molecular flexibility index (Phi) is 8.25. The first kappa shape index (κ1) is 31.3. The Morgan fingerprint density at radius 3 is 2.28 bits per heavy atom. The SMILES string of the molecule is N[C@H]1CCCCC/C=C\C2C=C[C@@]2(C(=O)NS(=O)(=O)C2CC2)NC(=O)[C@@H]2C[C@@H](ON=C3c4ccccc4-c4ccccc43)CN2C1=O. The van der Waals surface area contributed by atoms with Gasteiger partial charge in [0.1, 0.15) is 23.4 Å². The van der Waals surface area contributed by atoms with Gasteiger partial charge in [0.15, 0.2) is 0 Å². The molecule has 5 aliphatic rings. The van der Waals surface area contributed by atoms with Gasteiger partial charge in [0.25, 0.3) is 5.91 Å². The fourth-order valence-corrected chi connectivity index (χ4v) is 8.31. The van der Waals surface area contributed by atoms with Crippen LogP contribution in [0.5, 0.6) is 0 Å². The lowest BCUT2D eigenvalue weighted by Gasteiger charge is -2.42. The van der Waals surface area contributed by atoms with E-state index in [4.69, 9.17) is 10.6 Å². The Morgan fingerprint density at radius 2 is 1.64 bits per heavy atom. The van der Waals surface area contributed by atoms with Gasteiger partial charge in [0, 0.05) is 23.5 Å². The van der Waals surface area contributed by atoms with Crippen molar-refractivity contribution in [2.45, 2.75) is 80.3 Å². The monoisotopic (exact) mass is 657 g/mol. The molecule has 1 unspecified atom stereocenters. The summed E-state index contributed by atoms with van der Waals surface area (Å²) < 4.78 is 27.7. The number of rotatable bonds is 5.